The molecule has 3 nitrogen and oxygen atoms in total. The monoisotopic (exact) mass is 297 g/mol. The lowest BCUT2D eigenvalue weighted by Crippen LogP contribution is -2.25. The summed E-state index contributed by atoms with van der Waals surface area (Å²) in [6, 6.07) is 15.4. The Balaban J connectivity index is 1.46. The Morgan fingerprint density at radius 3 is 2.55 bits per heavy atom. The summed E-state index contributed by atoms with van der Waals surface area (Å²) in [6.45, 7) is 5.61. The molecule has 0 aromatic heterocycles. The minimum absolute atomic E-state index is 0.341. The second-order valence-corrected chi connectivity index (χ2v) is 5.99. The Bertz CT molecular complexity index is 622. The minimum atomic E-state index is 0.341. The molecule has 0 amide bonds. The van der Waals surface area contributed by atoms with E-state index in [-0.39, 0.29) is 0 Å². The van der Waals surface area contributed by atoms with Crippen molar-refractivity contribution >= 4 is 0 Å². The average molecular weight is 297 g/mol. The normalized spacial score (nSPS) is 14.1. The number of hydrogen-bond acceptors (Lipinski definition) is 3. The molecule has 116 valence electrons. The average Bonchev–Trinajstić information content (AvgIpc) is 3.00. The first-order chi connectivity index (χ1) is 10.7. The van der Waals surface area contributed by atoms with Gasteiger partial charge < -0.3 is 14.8 Å². The zero-order chi connectivity index (χ0) is 15.4. The van der Waals surface area contributed by atoms with Crippen LogP contribution in [0, 0.1) is 6.92 Å². The zero-order valence-corrected chi connectivity index (χ0v) is 13.3. The Hall–Kier alpha value is -2.00. The maximum Gasteiger partial charge on any atom is 0.231 e. The maximum atomic E-state index is 5.42. The second kappa shape index (κ2) is 6.84. The highest BCUT2D eigenvalue weighted by Gasteiger charge is 2.13. The third-order valence-corrected chi connectivity index (χ3v) is 4.08. The lowest BCUT2D eigenvalue weighted by Gasteiger charge is -2.14. The van der Waals surface area contributed by atoms with Crippen LogP contribution in [0.15, 0.2) is 42.5 Å². The van der Waals surface area contributed by atoms with E-state index in [1.807, 2.05) is 6.07 Å². The van der Waals surface area contributed by atoms with Crippen LogP contribution in [0.2, 0.25) is 0 Å². The van der Waals surface area contributed by atoms with Gasteiger partial charge in [0.2, 0.25) is 6.79 Å². The summed E-state index contributed by atoms with van der Waals surface area (Å²) in [5, 5.41) is 3.58. The second-order valence-electron chi connectivity index (χ2n) is 5.99. The van der Waals surface area contributed by atoms with Crippen LogP contribution in [0.25, 0.3) is 0 Å². The Labute approximate surface area is 132 Å². The van der Waals surface area contributed by atoms with Crippen LogP contribution in [0.5, 0.6) is 11.5 Å². The molecule has 1 N–H and O–H groups in total. The van der Waals surface area contributed by atoms with Crippen LogP contribution in [-0.2, 0) is 13.0 Å². The van der Waals surface area contributed by atoms with Gasteiger partial charge in [0.25, 0.3) is 0 Å². The van der Waals surface area contributed by atoms with Crippen molar-refractivity contribution in [1.82, 2.24) is 5.32 Å². The van der Waals surface area contributed by atoms with Gasteiger partial charge in [0.05, 0.1) is 0 Å². The number of nitrogens with one attached hydrogen (secondary N) is 1. The molecule has 1 aliphatic heterocycles. The van der Waals surface area contributed by atoms with Gasteiger partial charge in [-0.05, 0) is 49.9 Å². The highest BCUT2D eigenvalue weighted by Crippen LogP contribution is 2.32. The molecule has 0 aliphatic carbocycles. The van der Waals surface area contributed by atoms with E-state index in [9.17, 15) is 0 Å². The molecule has 1 aliphatic rings. The van der Waals surface area contributed by atoms with Crippen LogP contribution in [0.3, 0.4) is 0 Å². The molecular formula is C19H23NO2. The van der Waals surface area contributed by atoms with Crippen molar-refractivity contribution in [3.63, 3.8) is 0 Å². The topological polar surface area (TPSA) is 30.5 Å². The summed E-state index contributed by atoms with van der Waals surface area (Å²) >= 11 is 0. The largest absolute Gasteiger partial charge is 0.454 e. The minimum Gasteiger partial charge on any atom is -0.454 e. The highest BCUT2D eigenvalue weighted by molar-refractivity contribution is 5.44. The predicted molar refractivity (Wildman–Crippen MR) is 88.4 cm³/mol. The molecule has 0 spiro atoms. The van der Waals surface area contributed by atoms with Crippen molar-refractivity contribution in [1.29, 1.82) is 0 Å². The third-order valence-electron chi connectivity index (χ3n) is 4.08. The van der Waals surface area contributed by atoms with Crippen LogP contribution >= 0.6 is 0 Å². The lowest BCUT2D eigenvalue weighted by atomic mass is 10.1. The van der Waals surface area contributed by atoms with Gasteiger partial charge in [-0.2, -0.15) is 0 Å². The molecule has 1 unspecified atom stereocenters. The zero-order valence-electron chi connectivity index (χ0n) is 13.3. The van der Waals surface area contributed by atoms with E-state index in [4.69, 9.17) is 9.47 Å². The first-order valence-corrected chi connectivity index (χ1v) is 7.88. The molecule has 3 rings (SSSR count). The fraction of sp³-hybridized carbons (Fsp3) is 0.368. The smallest absolute Gasteiger partial charge is 0.231 e. The van der Waals surface area contributed by atoms with Crippen molar-refractivity contribution in [3.8, 4) is 11.5 Å². The van der Waals surface area contributed by atoms with E-state index in [2.05, 4.69) is 55.6 Å². The van der Waals surface area contributed by atoms with Gasteiger partial charge in [-0.1, -0.05) is 35.9 Å². The highest BCUT2D eigenvalue weighted by atomic mass is 16.7. The fourth-order valence-electron chi connectivity index (χ4n) is 2.58. The Kier molecular flexibility index (Phi) is 4.64. The molecule has 0 fully saturated rings. The molecule has 1 atom stereocenters. The van der Waals surface area contributed by atoms with Gasteiger partial charge in [0.1, 0.15) is 0 Å². The van der Waals surface area contributed by atoms with Crippen LogP contribution in [0.1, 0.15) is 30.0 Å². The third kappa shape index (κ3) is 3.80. The molecule has 22 heavy (non-hydrogen) atoms. The number of aryl methyl sites for hydroxylation is 2. The van der Waals surface area contributed by atoms with E-state index < -0.39 is 0 Å². The lowest BCUT2D eigenvalue weighted by molar-refractivity contribution is 0.174. The summed E-state index contributed by atoms with van der Waals surface area (Å²) < 4.78 is 10.8. The SMILES string of the molecule is Cc1ccc(CNC(C)CCc2ccc3c(c2)OCO3)cc1. The van der Waals surface area contributed by atoms with E-state index >= 15 is 0 Å². The fourth-order valence-corrected chi connectivity index (χ4v) is 2.58. The van der Waals surface area contributed by atoms with Crippen molar-refractivity contribution in [2.75, 3.05) is 6.79 Å². The molecule has 2 aromatic rings. The summed E-state index contributed by atoms with van der Waals surface area (Å²) in [4.78, 5) is 0. The molecule has 1 heterocycles. The summed E-state index contributed by atoms with van der Waals surface area (Å²) in [6.07, 6.45) is 2.14. The Morgan fingerprint density at radius 1 is 1.00 bits per heavy atom. The van der Waals surface area contributed by atoms with Crippen molar-refractivity contribution in [3.05, 3.63) is 59.2 Å². The molecule has 0 saturated carbocycles. The first kappa shape index (κ1) is 14.9. The van der Waals surface area contributed by atoms with Gasteiger partial charge in [-0.15, -0.1) is 0 Å². The van der Waals surface area contributed by atoms with Crippen LogP contribution in [-0.4, -0.2) is 12.8 Å². The predicted octanol–water partition coefficient (Wildman–Crippen LogP) is 3.83. The maximum absolute atomic E-state index is 5.42. The van der Waals surface area contributed by atoms with E-state index in [0.29, 0.717) is 12.8 Å². The number of rotatable bonds is 6. The summed E-state index contributed by atoms with van der Waals surface area (Å²) in [5.41, 5.74) is 3.94. The number of ether oxygens (including phenoxy) is 2. The quantitative estimate of drug-likeness (QED) is 0.879. The number of hydrogen-bond donors (Lipinski definition) is 1. The first-order valence-electron chi connectivity index (χ1n) is 7.88. The molecule has 0 bridgehead atoms. The molecular weight excluding hydrogens is 274 g/mol. The van der Waals surface area contributed by atoms with Gasteiger partial charge >= 0.3 is 0 Å². The van der Waals surface area contributed by atoms with Gasteiger partial charge in [0, 0.05) is 12.6 Å². The van der Waals surface area contributed by atoms with Crippen LogP contribution < -0.4 is 14.8 Å². The van der Waals surface area contributed by atoms with Gasteiger partial charge in [-0.3, -0.25) is 0 Å². The Morgan fingerprint density at radius 2 is 1.73 bits per heavy atom. The van der Waals surface area contributed by atoms with Crippen molar-refractivity contribution < 1.29 is 9.47 Å². The standard InChI is InChI=1S/C19H23NO2/c1-14-3-6-17(7-4-14)12-20-15(2)5-8-16-9-10-18-19(11-16)22-13-21-18/h3-4,6-7,9-11,15,20H,5,8,12-13H2,1-2H3. The number of fused-ring (bicyclic) bond motifs is 1. The molecule has 3 heteroatoms. The summed E-state index contributed by atoms with van der Waals surface area (Å²) in [7, 11) is 0. The van der Waals surface area contributed by atoms with E-state index in [0.717, 1.165) is 30.9 Å². The van der Waals surface area contributed by atoms with Crippen molar-refractivity contribution in [2.45, 2.75) is 39.3 Å². The van der Waals surface area contributed by atoms with Crippen LogP contribution in [0.4, 0.5) is 0 Å². The summed E-state index contributed by atoms with van der Waals surface area (Å²) in [5.74, 6) is 1.73. The van der Waals surface area contributed by atoms with Gasteiger partial charge in [-0.25, -0.2) is 0 Å². The van der Waals surface area contributed by atoms with E-state index in [1.165, 1.54) is 16.7 Å². The molecule has 0 saturated heterocycles. The van der Waals surface area contributed by atoms with Crippen molar-refractivity contribution in [2.24, 2.45) is 0 Å². The molecule has 0 radical (unpaired) electrons. The van der Waals surface area contributed by atoms with E-state index in [1.54, 1.807) is 0 Å². The number of benzene rings is 2. The molecule has 2 aromatic carbocycles. The van der Waals surface area contributed by atoms with Gasteiger partial charge in [0.15, 0.2) is 11.5 Å².